The zero-order valence-electron chi connectivity index (χ0n) is 19.0. The van der Waals surface area contributed by atoms with Crippen LogP contribution in [-0.4, -0.2) is 38.2 Å². The van der Waals surface area contributed by atoms with Gasteiger partial charge in [0.05, 0.1) is 20.1 Å². The van der Waals surface area contributed by atoms with E-state index in [0.29, 0.717) is 23.7 Å². The highest BCUT2D eigenvalue weighted by Crippen LogP contribution is 2.45. The lowest BCUT2D eigenvalue weighted by atomic mass is 9.99. The summed E-state index contributed by atoms with van der Waals surface area (Å²) in [6, 6.07) is 9.54. The molecule has 0 unspecified atom stereocenters. The second kappa shape index (κ2) is 9.00. The molecule has 0 saturated heterocycles. The summed E-state index contributed by atoms with van der Waals surface area (Å²) in [5, 5.41) is 0. The summed E-state index contributed by atoms with van der Waals surface area (Å²) in [5.41, 5.74) is 2.71. The van der Waals surface area contributed by atoms with Crippen molar-refractivity contribution in [3.63, 3.8) is 0 Å². The molecule has 6 nitrogen and oxygen atoms in total. The average Bonchev–Trinajstić information content (AvgIpc) is 3.11. The van der Waals surface area contributed by atoms with Crippen LogP contribution in [0.1, 0.15) is 50.0 Å². The van der Waals surface area contributed by atoms with E-state index in [9.17, 15) is 9.59 Å². The van der Waals surface area contributed by atoms with Crippen molar-refractivity contribution < 1.29 is 28.5 Å². The third kappa shape index (κ3) is 4.84. The highest BCUT2D eigenvalue weighted by Gasteiger charge is 2.28. The second-order valence-corrected chi connectivity index (χ2v) is 8.60. The van der Waals surface area contributed by atoms with Crippen molar-refractivity contribution in [2.75, 3.05) is 20.8 Å². The Kier molecular flexibility index (Phi) is 6.58. The lowest BCUT2D eigenvalue weighted by Crippen LogP contribution is -2.36. The van der Waals surface area contributed by atoms with Gasteiger partial charge in [-0.25, -0.2) is 0 Å². The van der Waals surface area contributed by atoms with Gasteiger partial charge in [0, 0.05) is 17.5 Å². The zero-order chi connectivity index (χ0) is 22.8. The number of benzene rings is 2. The molecule has 0 N–H and O–H groups in total. The van der Waals surface area contributed by atoms with Gasteiger partial charge in [-0.15, -0.1) is 0 Å². The molecule has 166 valence electrons. The van der Waals surface area contributed by atoms with E-state index in [1.807, 2.05) is 30.3 Å². The van der Waals surface area contributed by atoms with Crippen molar-refractivity contribution in [1.82, 2.24) is 0 Å². The van der Waals surface area contributed by atoms with Gasteiger partial charge in [-0.05, 0) is 43.5 Å². The van der Waals surface area contributed by atoms with Gasteiger partial charge in [0.15, 0.2) is 17.3 Å². The fourth-order valence-corrected chi connectivity index (χ4v) is 3.56. The predicted octanol–water partition coefficient (Wildman–Crippen LogP) is 4.86. The molecule has 0 fully saturated rings. The number of ether oxygens (including phenoxy) is 4. The van der Waals surface area contributed by atoms with Gasteiger partial charge in [-0.1, -0.05) is 32.0 Å². The van der Waals surface area contributed by atoms with Gasteiger partial charge in [0.2, 0.25) is 5.75 Å². The fourth-order valence-electron chi connectivity index (χ4n) is 3.56. The third-order valence-corrected chi connectivity index (χ3v) is 5.25. The third-order valence-electron chi connectivity index (χ3n) is 5.25. The first-order chi connectivity index (χ1) is 14.7. The molecular weight excluding hydrogens is 396 g/mol. The maximum Gasteiger partial charge on any atom is 0.309 e. The topological polar surface area (TPSA) is 71.1 Å². The Bertz CT molecular complexity index is 990. The normalized spacial score (nSPS) is 13.2. The molecule has 1 aliphatic carbocycles. The summed E-state index contributed by atoms with van der Waals surface area (Å²) in [5.74, 6) is 1.17. The van der Waals surface area contributed by atoms with Crippen molar-refractivity contribution in [3.05, 3.63) is 41.5 Å². The van der Waals surface area contributed by atoms with E-state index in [4.69, 9.17) is 18.9 Å². The van der Waals surface area contributed by atoms with Crippen LogP contribution in [0.3, 0.4) is 0 Å². The Morgan fingerprint density at radius 2 is 1.71 bits per heavy atom. The average molecular weight is 427 g/mol. The summed E-state index contributed by atoms with van der Waals surface area (Å²) in [7, 11) is 3.12. The maximum absolute atomic E-state index is 12.1. The van der Waals surface area contributed by atoms with Gasteiger partial charge >= 0.3 is 5.97 Å². The van der Waals surface area contributed by atoms with E-state index in [-0.39, 0.29) is 24.3 Å². The van der Waals surface area contributed by atoms with E-state index in [1.165, 1.54) is 0 Å². The standard InChI is InChI=1S/C25H30O6/c1-15(2)24(27)31-25(3,4)14-30-22-19(10-12-21(28-5)23(22)29-6)17-7-9-18-16(13-17)8-11-20(18)26/h7,9-10,12-13,15H,8,11,14H2,1-6H3. The van der Waals surface area contributed by atoms with Crippen LogP contribution < -0.4 is 14.2 Å². The second-order valence-electron chi connectivity index (χ2n) is 8.60. The Morgan fingerprint density at radius 3 is 2.35 bits per heavy atom. The minimum atomic E-state index is -0.836. The number of aryl methyl sites for hydroxylation is 1. The van der Waals surface area contributed by atoms with Crippen LogP contribution in [0.5, 0.6) is 17.2 Å². The number of rotatable bonds is 8. The largest absolute Gasteiger partial charge is 0.493 e. The SMILES string of the molecule is COc1ccc(-c2ccc3c(c2)CCC3=O)c(OCC(C)(C)OC(=O)C(C)C)c1OC. The van der Waals surface area contributed by atoms with E-state index in [2.05, 4.69) is 0 Å². The summed E-state index contributed by atoms with van der Waals surface area (Å²) in [6.45, 7) is 7.33. The Labute approximate surface area is 183 Å². The van der Waals surface area contributed by atoms with Crippen LogP contribution in [-0.2, 0) is 16.0 Å². The summed E-state index contributed by atoms with van der Waals surface area (Å²) in [6.07, 6.45) is 1.28. The molecule has 2 aromatic rings. The van der Waals surface area contributed by atoms with Crippen LogP contribution in [0.15, 0.2) is 30.3 Å². The Hall–Kier alpha value is -3.02. The van der Waals surface area contributed by atoms with Gasteiger partial charge in [-0.2, -0.15) is 0 Å². The monoisotopic (exact) mass is 426 g/mol. The minimum absolute atomic E-state index is 0.130. The molecule has 2 aromatic carbocycles. The number of ketones is 1. The lowest BCUT2D eigenvalue weighted by molar-refractivity contribution is -0.163. The van der Waals surface area contributed by atoms with Gasteiger partial charge in [0.25, 0.3) is 0 Å². The molecule has 0 bridgehead atoms. The molecule has 3 rings (SSSR count). The Morgan fingerprint density at radius 1 is 1.00 bits per heavy atom. The highest BCUT2D eigenvalue weighted by molar-refractivity contribution is 6.01. The molecular formula is C25H30O6. The molecule has 31 heavy (non-hydrogen) atoms. The quantitative estimate of drug-likeness (QED) is 0.562. The van der Waals surface area contributed by atoms with Crippen molar-refractivity contribution in [2.24, 2.45) is 5.92 Å². The molecule has 0 spiro atoms. The van der Waals surface area contributed by atoms with Crippen LogP contribution in [0.4, 0.5) is 0 Å². The molecule has 0 aromatic heterocycles. The number of fused-ring (bicyclic) bond motifs is 1. The molecule has 6 heteroatoms. The van der Waals surface area contributed by atoms with Crippen molar-refractivity contribution in [1.29, 1.82) is 0 Å². The van der Waals surface area contributed by atoms with Gasteiger partial charge < -0.3 is 18.9 Å². The van der Waals surface area contributed by atoms with Gasteiger partial charge in [0.1, 0.15) is 12.2 Å². The maximum atomic E-state index is 12.1. The zero-order valence-corrected chi connectivity index (χ0v) is 19.0. The van der Waals surface area contributed by atoms with E-state index in [0.717, 1.165) is 28.7 Å². The van der Waals surface area contributed by atoms with Crippen LogP contribution in [0, 0.1) is 5.92 Å². The number of hydrogen-bond acceptors (Lipinski definition) is 6. The number of carbonyl (C=O) groups is 2. The minimum Gasteiger partial charge on any atom is -0.493 e. The van der Waals surface area contributed by atoms with Crippen molar-refractivity contribution in [2.45, 2.75) is 46.1 Å². The van der Waals surface area contributed by atoms with Crippen molar-refractivity contribution in [3.8, 4) is 28.4 Å². The Balaban J connectivity index is 1.98. The molecule has 0 heterocycles. The molecule has 0 aliphatic heterocycles. The lowest BCUT2D eigenvalue weighted by Gasteiger charge is -2.27. The molecule has 0 saturated carbocycles. The van der Waals surface area contributed by atoms with E-state index >= 15 is 0 Å². The highest BCUT2D eigenvalue weighted by atomic mass is 16.6. The van der Waals surface area contributed by atoms with E-state index in [1.54, 1.807) is 41.9 Å². The summed E-state index contributed by atoms with van der Waals surface area (Å²) >= 11 is 0. The first-order valence-corrected chi connectivity index (χ1v) is 10.4. The first kappa shape index (κ1) is 22.7. The number of methoxy groups -OCH3 is 2. The first-order valence-electron chi connectivity index (χ1n) is 10.4. The molecule has 0 amide bonds. The summed E-state index contributed by atoms with van der Waals surface area (Å²) < 4.78 is 22.8. The number of carbonyl (C=O) groups excluding carboxylic acids is 2. The van der Waals surface area contributed by atoms with Crippen LogP contribution >= 0.6 is 0 Å². The summed E-state index contributed by atoms with van der Waals surface area (Å²) in [4.78, 5) is 24.1. The smallest absolute Gasteiger partial charge is 0.309 e. The number of hydrogen-bond donors (Lipinski definition) is 0. The van der Waals surface area contributed by atoms with Crippen LogP contribution in [0.2, 0.25) is 0 Å². The van der Waals surface area contributed by atoms with Crippen molar-refractivity contribution >= 4 is 11.8 Å². The molecule has 0 atom stereocenters. The molecule has 0 radical (unpaired) electrons. The number of Topliss-reactive ketones (excluding diaryl/α,β-unsaturated/α-hetero) is 1. The van der Waals surface area contributed by atoms with E-state index < -0.39 is 5.60 Å². The number of esters is 1. The molecule has 1 aliphatic rings. The van der Waals surface area contributed by atoms with Gasteiger partial charge in [-0.3, -0.25) is 9.59 Å². The van der Waals surface area contributed by atoms with Crippen LogP contribution in [0.25, 0.3) is 11.1 Å². The fraction of sp³-hybridized carbons (Fsp3) is 0.440. The predicted molar refractivity (Wildman–Crippen MR) is 118 cm³/mol.